The van der Waals surface area contributed by atoms with E-state index in [1.54, 1.807) is 23.6 Å². The predicted molar refractivity (Wildman–Crippen MR) is 138 cm³/mol. The van der Waals surface area contributed by atoms with Gasteiger partial charge in [-0.1, -0.05) is 18.1 Å². The number of amides is 1. The lowest BCUT2D eigenvalue weighted by Gasteiger charge is -2.31. The second kappa shape index (κ2) is 10.7. The Bertz CT molecular complexity index is 1540. The zero-order valence-corrected chi connectivity index (χ0v) is 20.8. The van der Waals surface area contributed by atoms with Crippen molar-refractivity contribution in [2.24, 2.45) is 18.5 Å². The van der Waals surface area contributed by atoms with Crippen LogP contribution in [0.5, 0.6) is 5.75 Å². The summed E-state index contributed by atoms with van der Waals surface area (Å²) >= 11 is 0. The summed E-state index contributed by atoms with van der Waals surface area (Å²) < 4.78 is 9.15. The maximum Gasteiger partial charge on any atom is 0.332 e. The van der Waals surface area contributed by atoms with Gasteiger partial charge >= 0.3 is 5.69 Å². The number of nitrogens with two attached hydrogens (primary N) is 2. The molecule has 1 aliphatic rings. The standard InChI is InChI=1S/C25H29N7O5/c1-3-4-12-31-21-22(28-24(31)30-11-7-8-16(26)13-30)29(2)25(36)32(23(21)35)14-18(33)17-9-5-6-10-19(17)37-15-20(27)34/h5-6,9-10,16H,7-8,11-15,26H2,1-2H3,(H2,27,34). The van der Waals surface area contributed by atoms with Crippen LogP contribution < -0.4 is 32.4 Å². The Kier molecular flexibility index (Phi) is 7.45. The maximum atomic E-state index is 13.7. The van der Waals surface area contributed by atoms with E-state index in [9.17, 15) is 19.2 Å². The molecule has 1 aromatic carbocycles. The summed E-state index contributed by atoms with van der Waals surface area (Å²) in [5.41, 5.74) is 10.5. The highest BCUT2D eigenvalue weighted by atomic mass is 16.5. The van der Waals surface area contributed by atoms with Crippen molar-refractivity contribution in [2.45, 2.75) is 38.9 Å². The van der Waals surface area contributed by atoms with E-state index in [1.807, 2.05) is 4.90 Å². The van der Waals surface area contributed by atoms with Crippen LogP contribution >= 0.6 is 0 Å². The van der Waals surface area contributed by atoms with Crippen molar-refractivity contribution in [1.29, 1.82) is 0 Å². The van der Waals surface area contributed by atoms with E-state index in [-0.39, 0.29) is 35.1 Å². The second-order valence-corrected chi connectivity index (χ2v) is 8.85. The number of rotatable bonds is 8. The van der Waals surface area contributed by atoms with Crippen molar-refractivity contribution >= 4 is 28.8 Å². The number of carbonyl (C=O) groups excluding carboxylic acids is 2. The predicted octanol–water partition coefficient (Wildman–Crippen LogP) is -0.405. The molecule has 37 heavy (non-hydrogen) atoms. The molecule has 1 fully saturated rings. The van der Waals surface area contributed by atoms with Crippen LogP contribution in [-0.2, 0) is 24.9 Å². The number of imidazole rings is 1. The molecular formula is C25H29N7O5. The summed E-state index contributed by atoms with van der Waals surface area (Å²) in [6.07, 6.45) is 1.77. The highest BCUT2D eigenvalue weighted by Crippen LogP contribution is 2.23. The van der Waals surface area contributed by atoms with Crippen LogP contribution in [0.15, 0.2) is 33.9 Å². The Morgan fingerprint density at radius 1 is 1.22 bits per heavy atom. The molecule has 3 aromatic rings. The molecule has 0 saturated carbocycles. The summed E-state index contributed by atoms with van der Waals surface area (Å²) in [5, 5.41) is 0. The number of aryl methyl sites for hydroxylation is 1. The number of aromatic nitrogens is 4. The van der Waals surface area contributed by atoms with Crippen molar-refractivity contribution < 1.29 is 14.3 Å². The zero-order chi connectivity index (χ0) is 26.7. The highest BCUT2D eigenvalue weighted by Gasteiger charge is 2.27. The van der Waals surface area contributed by atoms with Crippen molar-refractivity contribution in [3.8, 4) is 17.6 Å². The van der Waals surface area contributed by atoms with Gasteiger partial charge in [0.2, 0.25) is 5.95 Å². The molecule has 194 valence electrons. The molecule has 0 aliphatic carbocycles. The zero-order valence-electron chi connectivity index (χ0n) is 20.8. The molecule has 2 aromatic heterocycles. The fourth-order valence-electron chi connectivity index (χ4n) is 4.44. The normalized spacial score (nSPS) is 15.3. The third-order valence-electron chi connectivity index (χ3n) is 6.23. The van der Waals surface area contributed by atoms with Crippen LogP contribution in [0.3, 0.4) is 0 Å². The molecule has 1 unspecified atom stereocenters. The van der Waals surface area contributed by atoms with Crippen LogP contribution in [-0.4, -0.2) is 56.1 Å². The minimum Gasteiger partial charge on any atom is -0.483 e. The molecule has 0 bridgehead atoms. The average molecular weight is 508 g/mol. The Labute approximate surface area is 212 Å². The van der Waals surface area contributed by atoms with Crippen LogP contribution in [0.1, 0.15) is 30.1 Å². The van der Waals surface area contributed by atoms with Gasteiger partial charge in [0.25, 0.3) is 11.5 Å². The number of ketones is 1. The minimum atomic E-state index is -0.702. The Morgan fingerprint density at radius 3 is 2.68 bits per heavy atom. The topological polar surface area (TPSA) is 160 Å². The lowest BCUT2D eigenvalue weighted by Crippen LogP contribution is -2.44. The lowest BCUT2D eigenvalue weighted by molar-refractivity contribution is -0.119. The van der Waals surface area contributed by atoms with E-state index in [2.05, 4.69) is 16.8 Å². The SMILES string of the molecule is CC#CCn1c(N2CCCC(N)C2)nc2c1c(=O)n(CC(=O)c1ccccc1OCC(N)=O)c(=O)n2C. The first-order valence-corrected chi connectivity index (χ1v) is 11.9. The summed E-state index contributed by atoms with van der Waals surface area (Å²) in [6, 6.07) is 6.21. The van der Waals surface area contributed by atoms with Gasteiger partial charge in [0.1, 0.15) is 5.75 Å². The van der Waals surface area contributed by atoms with Crippen molar-refractivity contribution in [3.05, 3.63) is 50.7 Å². The van der Waals surface area contributed by atoms with E-state index in [4.69, 9.17) is 16.2 Å². The van der Waals surface area contributed by atoms with E-state index >= 15 is 0 Å². The van der Waals surface area contributed by atoms with E-state index in [0.717, 1.165) is 17.4 Å². The smallest absolute Gasteiger partial charge is 0.332 e. The number of primary amides is 1. The summed E-state index contributed by atoms with van der Waals surface area (Å²) in [4.78, 5) is 57.8. The molecule has 0 spiro atoms. The third kappa shape index (κ3) is 5.12. The van der Waals surface area contributed by atoms with Gasteiger partial charge in [-0.15, -0.1) is 5.92 Å². The summed E-state index contributed by atoms with van der Waals surface area (Å²) in [5.74, 6) is 5.19. The van der Waals surface area contributed by atoms with Crippen molar-refractivity contribution in [2.75, 3.05) is 24.6 Å². The maximum absolute atomic E-state index is 13.7. The van der Waals surface area contributed by atoms with Gasteiger partial charge in [-0.25, -0.2) is 4.79 Å². The van der Waals surface area contributed by atoms with Gasteiger partial charge < -0.3 is 21.1 Å². The number of anilines is 1. The number of hydrogen-bond acceptors (Lipinski definition) is 8. The first kappa shape index (κ1) is 25.7. The van der Waals surface area contributed by atoms with Gasteiger partial charge in [0.05, 0.1) is 18.7 Å². The van der Waals surface area contributed by atoms with Gasteiger partial charge in [0, 0.05) is 26.2 Å². The van der Waals surface area contributed by atoms with Gasteiger partial charge in [-0.3, -0.25) is 28.1 Å². The van der Waals surface area contributed by atoms with E-state index in [0.29, 0.717) is 19.0 Å². The van der Waals surface area contributed by atoms with E-state index < -0.39 is 36.1 Å². The number of nitrogens with zero attached hydrogens (tertiary/aromatic N) is 5. The van der Waals surface area contributed by atoms with Crippen molar-refractivity contribution in [1.82, 2.24) is 18.7 Å². The lowest BCUT2D eigenvalue weighted by atomic mass is 10.1. The number of para-hydroxylation sites is 1. The number of piperidine rings is 1. The van der Waals surface area contributed by atoms with Gasteiger partial charge in [-0.2, -0.15) is 4.98 Å². The third-order valence-corrected chi connectivity index (χ3v) is 6.23. The van der Waals surface area contributed by atoms with Gasteiger partial charge in [-0.05, 0) is 31.9 Å². The van der Waals surface area contributed by atoms with Crippen LogP contribution in [0.25, 0.3) is 11.2 Å². The first-order chi connectivity index (χ1) is 17.7. The molecule has 4 rings (SSSR count). The number of ether oxygens (including phenoxy) is 1. The van der Waals surface area contributed by atoms with E-state index in [1.165, 1.54) is 23.7 Å². The number of Topliss-reactive ketones (excluding diaryl/α,β-unsaturated/α-hetero) is 1. The molecule has 3 heterocycles. The largest absolute Gasteiger partial charge is 0.483 e. The summed E-state index contributed by atoms with van der Waals surface area (Å²) in [6.45, 7) is 2.19. The molecule has 12 nitrogen and oxygen atoms in total. The van der Waals surface area contributed by atoms with Gasteiger partial charge in [0.15, 0.2) is 23.6 Å². The fraction of sp³-hybridized carbons (Fsp3) is 0.400. The Morgan fingerprint density at radius 2 is 1.97 bits per heavy atom. The molecule has 0 radical (unpaired) electrons. The Balaban J connectivity index is 1.81. The first-order valence-electron chi connectivity index (χ1n) is 11.9. The molecular weight excluding hydrogens is 478 g/mol. The van der Waals surface area contributed by atoms with Crippen LogP contribution in [0, 0.1) is 11.8 Å². The second-order valence-electron chi connectivity index (χ2n) is 8.85. The number of fused-ring (bicyclic) bond motifs is 1. The number of benzene rings is 1. The van der Waals surface area contributed by atoms with Crippen LogP contribution in [0.4, 0.5) is 5.95 Å². The quantitative estimate of drug-likeness (QED) is 0.307. The highest BCUT2D eigenvalue weighted by molar-refractivity contribution is 5.98. The molecule has 1 atom stereocenters. The molecule has 4 N–H and O–H groups in total. The molecule has 12 heteroatoms. The molecule has 1 saturated heterocycles. The average Bonchev–Trinajstić information content (AvgIpc) is 3.27. The monoisotopic (exact) mass is 507 g/mol. The minimum absolute atomic E-state index is 0.0331. The Hall–Kier alpha value is -4.37. The number of carbonyl (C=O) groups is 2. The molecule has 1 aliphatic heterocycles. The van der Waals surface area contributed by atoms with Crippen LogP contribution in [0.2, 0.25) is 0 Å². The molecule has 1 amide bonds. The fourth-order valence-corrected chi connectivity index (χ4v) is 4.44. The number of hydrogen-bond donors (Lipinski definition) is 2. The summed E-state index contributed by atoms with van der Waals surface area (Å²) in [7, 11) is 1.50. The van der Waals surface area contributed by atoms with Crippen molar-refractivity contribution in [3.63, 3.8) is 0 Å².